The summed E-state index contributed by atoms with van der Waals surface area (Å²) >= 11 is 2.02. The van der Waals surface area contributed by atoms with E-state index in [2.05, 4.69) is 314 Å². The van der Waals surface area contributed by atoms with Gasteiger partial charge in [-0.3, -0.25) is 0 Å². The van der Waals surface area contributed by atoms with Gasteiger partial charge in [-0.2, -0.15) is 0 Å². The van der Waals surface area contributed by atoms with Gasteiger partial charge in [-0.25, -0.2) is 0 Å². The summed E-state index contributed by atoms with van der Waals surface area (Å²) in [5, 5.41) is 1.28. The predicted octanol–water partition coefficient (Wildman–Crippen LogP) is 19.8. The highest BCUT2D eigenvalue weighted by Crippen LogP contribution is 2.59. The molecule has 6 heteroatoms. The van der Waals surface area contributed by atoms with E-state index < -0.39 is 0 Å². The highest BCUT2D eigenvalue weighted by molar-refractivity contribution is 7.34. The molecule has 0 saturated carbocycles. The van der Waals surface area contributed by atoms with Gasteiger partial charge in [0.15, 0.2) is 0 Å². The van der Waals surface area contributed by atoms with Crippen molar-refractivity contribution in [3.63, 3.8) is 0 Å². The highest BCUT2D eigenvalue weighted by atomic mass is 32.1. The monoisotopic (exact) mass is 1090 g/mol. The van der Waals surface area contributed by atoms with Crippen molar-refractivity contribution in [2.75, 3.05) is 19.6 Å². The van der Waals surface area contributed by atoms with Gasteiger partial charge in [0.2, 0.25) is 0 Å². The molecule has 0 atom stereocenters. The van der Waals surface area contributed by atoms with E-state index in [4.69, 9.17) is 0 Å². The van der Waals surface area contributed by atoms with Crippen molar-refractivity contribution in [3.8, 4) is 11.1 Å². The first kappa shape index (κ1) is 51.3. The van der Waals surface area contributed by atoms with E-state index >= 15 is 0 Å². The van der Waals surface area contributed by atoms with Crippen molar-refractivity contribution in [2.45, 2.75) is 97.8 Å². The highest BCUT2D eigenvalue weighted by Gasteiger charge is 2.49. The zero-order valence-electron chi connectivity index (χ0n) is 49.6. The fourth-order valence-electron chi connectivity index (χ4n) is 14.5. The van der Waals surface area contributed by atoms with Gasteiger partial charge in [-0.1, -0.05) is 197 Å². The van der Waals surface area contributed by atoms with Crippen LogP contribution < -0.4 is 35.3 Å². The quantitative estimate of drug-likeness (QED) is 0.159. The molecule has 0 unspecified atom stereocenters. The Morgan fingerprint density at radius 3 is 1.49 bits per heavy atom. The smallest absolute Gasteiger partial charge is 0.264 e. The van der Waals surface area contributed by atoms with Crippen LogP contribution in [-0.4, -0.2) is 6.71 Å². The van der Waals surface area contributed by atoms with Gasteiger partial charge in [-0.15, -0.1) is 11.3 Å². The predicted molar refractivity (Wildman–Crippen MR) is 357 cm³/mol. The number of hydrogen-bond acceptors (Lipinski definition) is 5. The Hall–Kier alpha value is -8.58. The first-order valence-electron chi connectivity index (χ1n) is 29.6. The van der Waals surface area contributed by atoms with Crippen molar-refractivity contribution < 1.29 is 0 Å². The second-order valence-electron chi connectivity index (χ2n) is 26.7. The number of aryl methyl sites for hydroxylation is 1. The van der Waals surface area contributed by atoms with Crippen LogP contribution in [0.2, 0.25) is 0 Å². The Bertz CT molecular complexity index is 4430. The van der Waals surface area contributed by atoms with Gasteiger partial charge in [0.05, 0.1) is 34.1 Å². The van der Waals surface area contributed by atoms with E-state index in [1.165, 1.54) is 127 Å². The van der Waals surface area contributed by atoms with Crippen LogP contribution in [0.3, 0.4) is 0 Å². The molecule has 11 aromatic rings. The number of para-hydroxylation sites is 5. The van der Waals surface area contributed by atoms with E-state index in [0.717, 1.165) is 17.1 Å². The summed E-state index contributed by atoms with van der Waals surface area (Å²) < 4.78 is 2.71. The second-order valence-corrected chi connectivity index (χ2v) is 27.7. The summed E-state index contributed by atoms with van der Waals surface area (Å²) in [6.45, 7) is 25.9. The molecule has 4 nitrogen and oxygen atoms in total. The summed E-state index contributed by atoms with van der Waals surface area (Å²) in [4.78, 5) is 10.4. The molecule has 5 heterocycles. The molecule has 10 aromatic carbocycles. The Kier molecular flexibility index (Phi) is 11.3. The van der Waals surface area contributed by atoms with Gasteiger partial charge < -0.3 is 19.6 Å². The third-order valence-corrected chi connectivity index (χ3v) is 20.0. The molecule has 0 amide bonds. The second kappa shape index (κ2) is 18.2. The molecular weight excluding hydrogens is 1020 g/mol. The number of nitrogens with zero attached hydrogens (tertiary/aromatic N) is 4. The van der Waals surface area contributed by atoms with Crippen molar-refractivity contribution in [1.82, 2.24) is 0 Å². The molecule has 0 radical (unpaired) electrons. The normalized spacial score (nSPS) is 15.2. The number of thiophene rings is 1. The zero-order chi connectivity index (χ0) is 57.1. The number of rotatable bonds is 5. The van der Waals surface area contributed by atoms with Crippen LogP contribution in [0.15, 0.2) is 218 Å². The number of fused-ring (bicyclic) bond motifs is 11. The minimum Gasteiger partial charge on any atom is -0.311 e. The molecule has 0 saturated heterocycles. The molecule has 4 aliphatic heterocycles. The summed E-state index contributed by atoms with van der Waals surface area (Å²) in [6.07, 6.45) is 0. The maximum absolute atomic E-state index is 2.68. The standard InChI is InChI=1S/C77H69BN4S/c1-48-43-67-70-68(44-48)82(61-41-39-51(75(5,6)7)45-56(61)49-35-37-50(38-36-49)74(2,3)4)66-47-65-59(76(8,9)57-31-21-23-33-62(57)80(65)53-27-17-13-18-28-53)46-60(66)78(70)73-71(81(67)54-29-19-14-20-30-54)55-40-42-64-69(72(55)83-73)77(10,11)58-32-22-24-34-63(58)79(64)52-25-15-12-16-26-52/h12-47H,1-11H3. The van der Waals surface area contributed by atoms with Gasteiger partial charge in [-0.05, 0) is 159 Å². The van der Waals surface area contributed by atoms with Crippen LogP contribution in [0, 0.1) is 6.92 Å². The van der Waals surface area contributed by atoms with Crippen molar-refractivity contribution in [1.29, 1.82) is 0 Å². The maximum atomic E-state index is 2.68. The lowest BCUT2D eigenvalue weighted by Crippen LogP contribution is -2.60. The van der Waals surface area contributed by atoms with Crippen LogP contribution >= 0.6 is 11.3 Å². The van der Waals surface area contributed by atoms with Crippen LogP contribution in [0.4, 0.5) is 68.2 Å². The summed E-state index contributed by atoms with van der Waals surface area (Å²) in [5.41, 5.74) is 28.0. The molecule has 83 heavy (non-hydrogen) atoms. The van der Waals surface area contributed by atoms with Gasteiger partial charge in [0, 0.05) is 70.9 Å². The molecule has 0 aliphatic carbocycles. The first-order valence-corrected chi connectivity index (χ1v) is 30.4. The largest absolute Gasteiger partial charge is 0.311 e. The summed E-state index contributed by atoms with van der Waals surface area (Å²) in [5.74, 6) is 0. The van der Waals surface area contributed by atoms with Crippen LogP contribution in [-0.2, 0) is 21.7 Å². The summed E-state index contributed by atoms with van der Waals surface area (Å²) in [7, 11) is 0. The number of hydrogen-bond donors (Lipinski definition) is 0. The lowest BCUT2D eigenvalue weighted by atomic mass is 9.36. The minimum absolute atomic E-state index is 0.0169. The summed E-state index contributed by atoms with van der Waals surface area (Å²) in [6, 6.07) is 83.2. The molecule has 1 aromatic heterocycles. The van der Waals surface area contributed by atoms with Gasteiger partial charge >= 0.3 is 0 Å². The van der Waals surface area contributed by atoms with Crippen LogP contribution in [0.5, 0.6) is 0 Å². The fourth-order valence-corrected chi connectivity index (χ4v) is 16.1. The Morgan fingerprint density at radius 2 is 0.904 bits per heavy atom. The third-order valence-electron chi connectivity index (χ3n) is 18.7. The van der Waals surface area contributed by atoms with E-state index in [1.54, 1.807) is 0 Å². The van der Waals surface area contributed by atoms with Gasteiger partial charge in [0.25, 0.3) is 6.71 Å². The van der Waals surface area contributed by atoms with E-state index in [1.807, 2.05) is 11.3 Å². The van der Waals surface area contributed by atoms with Crippen LogP contribution in [0.1, 0.15) is 108 Å². The average molecular weight is 1090 g/mol. The average Bonchev–Trinajstić information content (AvgIpc) is 1.74. The lowest BCUT2D eigenvalue weighted by molar-refractivity contribution is 0.590. The Morgan fingerprint density at radius 1 is 0.398 bits per heavy atom. The SMILES string of the molecule is Cc1cc2c3c(c1)N(c1ccccc1)c1c(sc4c5c(ccc14)N(c1ccccc1)c1ccccc1C5(C)C)B3c1cc3c(cc1N2c1ccc(C(C)(C)C)cc1-c1ccc(C(C)(C)C)cc1)N(c1ccccc1)c1ccccc1C3(C)C. The first-order chi connectivity index (χ1) is 39.9. The van der Waals surface area contributed by atoms with Crippen molar-refractivity contribution in [2.24, 2.45) is 0 Å². The minimum atomic E-state index is -0.340. The zero-order valence-corrected chi connectivity index (χ0v) is 50.4. The van der Waals surface area contributed by atoms with Crippen molar-refractivity contribution in [3.05, 3.63) is 257 Å². The molecule has 0 fully saturated rings. The molecular formula is C77H69BN4S. The molecule has 406 valence electrons. The van der Waals surface area contributed by atoms with E-state index in [-0.39, 0.29) is 28.4 Å². The van der Waals surface area contributed by atoms with E-state index in [9.17, 15) is 0 Å². The van der Waals surface area contributed by atoms with E-state index in [0.29, 0.717) is 0 Å². The number of anilines is 12. The topological polar surface area (TPSA) is 13.0 Å². The van der Waals surface area contributed by atoms with Crippen LogP contribution in [0.25, 0.3) is 21.2 Å². The Balaban J connectivity index is 1.08. The van der Waals surface area contributed by atoms with Gasteiger partial charge in [0.1, 0.15) is 0 Å². The van der Waals surface area contributed by atoms with Crippen molar-refractivity contribution >= 4 is 112 Å². The lowest BCUT2D eigenvalue weighted by Gasteiger charge is -2.47. The molecule has 0 bridgehead atoms. The Labute approximate surface area is 495 Å². The molecule has 0 N–H and O–H groups in total. The molecule has 0 spiro atoms. The third kappa shape index (κ3) is 7.64. The molecule has 4 aliphatic rings. The molecule has 15 rings (SSSR count). The number of benzene rings is 10. The fraction of sp³-hybridized carbons (Fsp3) is 0.195. The maximum Gasteiger partial charge on any atom is 0.264 e.